The van der Waals surface area contributed by atoms with Gasteiger partial charge >= 0.3 is 5.97 Å². The van der Waals surface area contributed by atoms with Crippen LogP contribution in [0.4, 0.5) is 4.39 Å². The van der Waals surface area contributed by atoms with Gasteiger partial charge in [0, 0.05) is 10.6 Å². The van der Waals surface area contributed by atoms with E-state index in [9.17, 15) is 9.18 Å². The predicted octanol–water partition coefficient (Wildman–Crippen LogP) is 5.87. The van der Waals surface area contributed by atoms with Crippen LogP contribution < -0.4 is 4.74 Å². The maximum Gasteiger partial charge on any atom is 0.313 e. The standard InChI is InChI=1S/C23H20ClFO3/c1-16(23(26)28-14-13-27-20-10-8-19(24)9-11-20)18-7-12-21(22(25)15-18)17-5-3-2-4-6-17/h2-12,15-16H,13-14H2,1H3/t16-/m1/s1. The highest BCUT2D eigenvalue weighted by Gasteiger charge is 2.18. The highest BCUT2D eigenvalue weighted by atomic mass is 35.5. The first-order valence-electron chi connectivity index (χ1n) is 8.94. The molecule has 0 N–H and O–H groups in total. The topological polar surface area (TPSA) is 35.5 Å². The summed E-state index contributed by atoms with van der Waals surface area (Å²) in [6, 6.07) is 21.0. The van der Waals surface area contributed by atoms with Crippen LogP contribution in [0.25, 0.3) is 11.1 Å². The van der Waals surface area contributed by atoms with Gasteiger partial charge in [0.1, 0.15) is 24.8 Å². The molecule has 0 bridgehead atoms. The van der Waals surface area contributed by atoms with Crippen molar-refractivity contribution in [1.29, 1.82) is 0 Å². The summed E-state index contributed by atoms with van der Waals surface area (Å²) in [5.74, 6) is -0.720. The summed E-state index contributed by atoms with van der Waals surface area (Å²) < 4.78 is 25.2. The lowest BCUT2D eigenvalue weighted by atomic mass is 9.97. The number of carbonyl (C=O) groups is 1. The maximum absolute atomic E-state index is 14.5. The summed E-state index contributed by atoms with van der Waals surface area (Å²) in [6.45, 7) is 2.02. The van der Waals surface area contributed by atoms with Crippen LogP contribution in [-0.4, -0.2) is 19.2 Å². The van der Waals surface area contributed by atoms with E-state index >= 15 is 0 Å². The van der Waals surface area contributed by atoms with Gasteiger partial charge in [0.05, 0.1) is 5.92 Å². The third-order valence-corrected chi connectivity index (χ3v) is 4.59. The molecule has 0 fully saturated rings. The van der Waals surface area contributed by atoms with Crippen molar-refractivity contribution in [1.82, 2.24) is 0 Å². The van der Waals surface area contributed by atoms with Gasteiger partial charge in [0.25, 0.3) is 0 Å². The number of esters is 1. The number of rotatable bonds is 7. The number of carbonyl (C=O) groups excluding carboxylic acids is 1. The number of hydrogen-bond acceptors (Lipinski definition) is 3. The van der Waals surface area contributed by atoms with Gasteiger partial charge in [-0.15, -0.1) is 0 Å². The molecule has 3 rings (SSSR count). The Bertz CT molecular complexity index is 926. The molecule has 0 heterocycles. The zero-order valence-electron chi connectivity index (χ0n) is 15.4. The molecule has 0 aliphatic carbocycles. The lowest BCUT2D eigenvalue weighted by Gasteiger charge is -2.14. The molecule has 3 aromatic rings. The third-order valence-electron chi connectivity index (χ3n) is 4.34. The van der Waals surface area contributed by atoms with Gasteiger partial charge in [-0.25, -0.2) is 4.39 Å². The average Bonchev–Trinajstić information content (AvgIpc) is 2.72. The second-order valence-electron chi connectivity index (χ2n) is 6.30. The molecule has 1 atom stereocenters. The average molecular weight is 399 g/mol. The molecule has 0 aliphatic rings. The van der Waals surface area contributed by atoms with E-state index in [0.29, 0.717) is 21.9 Å². The van der Waals surface area contributed by atoms with E-state index in [4.69, 9.17) is 21.1 Å². The lowest BCUT2D eigenvalue weighted by molar-refractivity contribution is -0.145. The summed E-state index contributed by atoms with van der Waals surface area (Å²) >= 11 is 5.81. The predicted molar refractivity (Wildman–Crippen MR) is 108 cm³/mol. The Balaban J connectivity index is 1.54. The summed E-state index contributed by atoms with van der Waals surface area (Å²) in [6.07, 6.45) is 0. The van der Waals surface area contributed by atoms with Crippen LogP contribution in [-0.2, 0) is 9.53 Å². The zero-order chi connectivity index (χ0) is 19.9. The van der Waals surface area contributed by atoms with Crippen LogP contribution in [0.15, 0.2) is 72.8 Å². The molecule has 0 spiro atoms. The van der Waals surface area contributed by atoms with Crippen molar-refractivity contribution in [3.8, 4) is 16.9 Å². The number of benzene rings is 3. The summed E-state index contributed by atoms with van der Waals surface area (Å²) in [7, 11) is 0. The van der Waals surface area contributed by atoms with Crippen molar-refractivity contribution in [3.63, 3.8) is 0 Å². The third kappa shape index (κ3) is 5.11. The van der Waals surface area contributed by atoms with E-state index < -0.39 is 11.9 Å². The van der Waals surface area contributed by atoms with Gasteiger partial charge in [-0.3, -0.25) is 4.79 Å². The van der Waals surface area contributed by atoms with E-state index in [-0.39, 0.29) is 19.0 Å². The lowest BCUT2D eigenvalue weighted by Crippen LogP contribution is -2.17. The Hall–Kier alpha value is -2.85. The number of halogens is 2. The molecule has 0 radical (unpaired) electrons. The Morgan fingerprint density at radius 2 is 1.71 bits per heavy atom. The molecular weight excluding hydrogens is 379 g/mol. The molecule has 0 saturated heterocycles. The van der Waals surface area contributed by atoms with Crippen LogP contribution in [0.3, 0.4) is 0 Å². The molecule has 3 aromatic carbocycles. The second-order valence-corrected chi connectivity index (χ2v) is 6.73. The molecule has 28 heavy (non-hydrogen) atoms. The molecule has 0 saturated carbocycles. The molecule has 3 nitrogen and oxygen atoms in total. The summed E-state index contributed by atoms with van der Waals surface area (Å²) in [5.41, 5.74) is 1.86. The molecule has 144 valence electrons. The fourth-order valence-electron chi connectivity index (χ4n) is 2.75. The smallest absolute Gasteiger partial charge is 0.313 e. The fourth-order valence-corrected chi connectivity index (χ4v) is 2.87. The molecule has 0 unspecified atom stereocenters. The fraction of sp³-hybridized carbons (Fsp3) is 0.174. The SMILES string of the molecule is C[C@@H](C(=O)OCCOc1ccc(Cl)cc1)c1ccc(-c2ccccc2)c(F)c1. The van der Waals surface area contributed by atoms with Gasteiger partial charge in [-0.2, -0.15) is 0 Å². The monoisotopic (exact) mass is 398 g/mol. The summed E-state index contributed by atoms with van der Waals surface area (Å²) in [5, 5.41) is 0.623. The van der Waals surface area contributed by atoms with Crippen molar-refractivity contribution in [3.05, 3.63) is 89.2 Å². The van der Waals surface area contributed by atoms with Gasteiger partial charge in [-0.05, 0) is 48.4 Å². The van der Waals surface area contributed by atoms with Crippen molar-refractivity contribution < 1.29 is 18.7 Å². The van der Waals surface area contributed by atoms with E-state index in [2.05, 4.69) is 0 Å². The highest BCUT2D eigenvalue weighted by Crippen LogP contribution is 2.26. The number of ether oxygens (including phenoxy) is 2. The first-order valence-corrected chi connectivity index (χ1v) is 9.32. The Morgan fingerprint density at radius 1 is 1.00 bits per heavy atom. The van der Waals surface area contributed by atoms with Crippen LogP contribution >= 0.6 is 11.6 Å². The molecule has 0 aliphatic heterocycles. The minimum Gasteiger partial charge on any atom is -0.490 e. The van der Waals surface area contributed by atoms with Gasteiger partial charge in [0.15, 0.2) is 0 Å². The Labute approximate surface area is 168 Å². The first kappa shape index (κ1) is 19.9. The minimum atomic E-state index is -0.574. The van der Waals surface area contributed by atoms with E-state index in [0.717, 1.165) is 5.56 Å². The van der Waals surface area contributed by atoms with Crippen molar-refractivity contribution in [2.45, 2.75) is 12.8 Å². The van der Waals surface area contributed by atoms with Crippen molar-refractivity contribution in [2.24, 2.45) is 0 Å². The summed E-state index contributed by atoms with van der Waals surface area (Å²) in [4.78, 5) is 12.2. The normalized spacial score (nSPS) is 11.7. The molecular formula is C23H20ClFO3. The van der Waals surface area contributed by atoms with Gasteiger partial charge in [-0.1, -0.05) is 54.1 Å². The van der Waals surface area contributed by atoms with Gasteiger partial charge < -0.3 is 9.47 Å². The van der Waals surface area contributed by atoms with Crippen LogP contribution in [0, 0.1) is 5.82 Å². The Kier molecular flexibility index (Phi) is 6.66. The molecule has 5 heteroatoms. The van der Waals surface area contributed by atoms with E-state index in [1.54, 1.807) is 43.3 Å². The maximum atomic E-state index is 14.5. The zero-order valence-corrected chi connectivity index (χ0v) is 16.2. The van der Waals surface area contributed by atoms with Crippen molar-refractivity contribution >= 4 is 17.6 Å². The number of hydrogen-bond donors (Lipinski definition) is 0. The minimum absolute atomic E-state index is 0.108. The molecule has 0 aromatic heterocycles. The second kappa shape index (κ2) is 9.38. The van der Waals surface area contributed by atoms with E-state index in [1.165, 1.54) is 6.07 Å². The largest absolute Gasteiger partial charge is 0.490 e. The first-order chi connectivity index (χ1) is 13.5. The Morgan fingerprint density at radius 3 is 2.39 bits per heavy atom. The van der Waals surface area contributed by atoms with Crippen LogP contribution in [0.5, 0.6) is 5.75 Å². The van der Waals surface area contributed by atoms with Crippen LogP contribution in [0.1, 0.15) is 18.4 Å². The quantitative estimate of drug-likeness (QED) is 0.368. The van der Waals surface area contributed by atoms with Crippen molar-refractivity contribution in [2.75, 3.05) is 13.2 Å². The molecule has 0 amide bonds. The van der Waals surface area contributed by atoms with E-state index in [1.807, 2.05) is 30.3 Å². The van der Waals surface area contributed by atoms with Crippen LogP contribution in [0.2, 0.25) is 5.02 Å². The highest BCUT2D eigenvalue weighted by molar-refractivity contribution is 6.30. The van der Waals surface area contributed by atoms with Gasteiger partial charge in [0.2, 0.25) is 0 Å².